The molecule has 0 aromatic heterocycles. The van der Waals surface area contributed by atoms with Gasteiger partial charge in [-0.1, -0.05) is 18.2 Å². The number of Topliss-reactive ketones (excluding diaryl/α,β-unsaturated/α-hetero) is 1. The first-order chi connectivity index (χ1) is 9.08. The van der Waals surface area contributed by atoms with E-state index >= 15 is 0 Å². The van der Waals surface area contributed by atoms with Crippen LogP contribution in [0.2, 0.25) is 0 Å². The fourth-order valence-corrected chi connectivity index (χ4v) is 2.71. The van der Waals surface area contributed by atoms with Gasteiger partial charge in [-0.3, -0.25) is 19.8 Å². The molecule has 1 aliphatic rings. The monoisotopic (exact) mass is 262 g/mol. The van der Waals surface area contributed by atoms with Gasteiger partial charge < -0.3 is 0 Å². The topological polar surface area (TPSA) is 63.5 Å². The highest BCUT2D eigenvalue weighted by atomic mass is 16.6. The molecule has 102 valence electrons. The highest BCUT2D eigenvalue weighted by Gasteiger charge is 2.27. The van der Waals surface area contributed by atoms with E-state index in [1.165, 1.54) is 6.07 Å². The summed E-state index contributed by atoms with van der Waals surface area (Å²) in [4.78, 5) is 24.1. The zero-order valence-electron chi connectivity index (χ0n) is 11.0. The summed E-state index contributed by atoms with van der Waals surface area (Å²) in [6.07, 6.45) is 2.60. The Morgan fingerprint density at radius 1 is 1.47 bits per heavy atom. The molecular formula is C14H18N2O3. The predicted molar refractivity (Wildman–Crippen MR) is 71.8 cm³/mol. The summed E-state index contributed by atoms with van der Waals surface area (Å²) >= 11 is 0. The molecule has 1 fully saturated rings. The molecule has 0 radical (unpaired) electrons. The molecule has 0 spiro atoms. The second kappa shape index (κ2) is 5.93. The van der Waals surface area contributed by atoms with E-state index in [1.54, 1.807) is 19.1 Å². The Bertz CT molecular complexity index is 487. The van der Waals surface area contributed by atoms with Crippen LogP contribution in [0.5, 0.6) is 0 Å². The molecule has 1 atom stereocenters. The maximum Gasteiger partial charge on any atom is 0.273 e. The van der Waals surface area contributed by atoms with Crippen molar-refractivity contribution in [2.24, 2.45) is 0 Å². The molecule has 1 aromatic carbocycles. The summed E-state index contributed by atoms with van der Waals surface area (Å²) < 4.78 is 0. The van der Waals surface area contributed by atoms with E-state index in [9.17, 15) is 14.9 Å². The molecule has 1 unspecified atom stereocenters. The first kappa shape index (κ1) is 13.7. The molecule has 0 amide bonds. The lowest BCUT2D eigenvalue weighted by Gasteiger charge is -2.23. The zero-order chi connectivity index (χ0) is 13.8. The van der Waals surface area contributed by atoms with E-state index < -0.39 is 0 Å². The van der Waals surface area contributed by atoms with Gasteiger partial charge in [-0.05, 0) is 26.3 Å². The number of nitro benzene ring substituents is 1. The Kier molecular flexibility index (Phi) is 4.27. The Balaban J connectivity index is 2.12. The maximum absolute atomic E-state index is 11.2. The van der Waals surface area contributed by atoms with Crippen LogP contribution in [-0.4, -0.2) is 28.2 Å². The number of hydrogen-bond acceptors (Lipinski definition) is 4. The number of para-hydroxylation sites is 1. The van der Waals surface area contributed by atoms with Crippen LogP contribution in [0.25, 0.3) is 0 Å². The molecule has 19 heavy (non-hydrogen) atoms. The molecule has 5 heteroatoms. The van der Waals surface area contributed by atoms with Gasteiger partial charge in [0.25, 0.3) is 5.69 Å². The van der Waals surface area contributed by atoms with Crippen molar-refractivity contribution in [1.82, 2.24) is 4.90 Å². The summed E-state index contributed by atoms with van der Waals surface area (Å²) in [5, 5.41) is 11.0. The lowest BCUT2D eigenvalue weighted by Crippen LogP contribution is -2.30. The number of ketones is 1. The third kappa shape index (κ3) is 3.38. The van der Waals surface area contributed by atoms with Gasteiger partial charge in [-0.25, -0.2) is 0 Å². The number of carbonyl (C=O) groups is 1. The number of nitro groups is 1. The summed E-state index contributed by atoms with van der Waals surface area (Å²) in [6.45, 7) is 3.06. The van der Waals surface area contributed by atoms with Crippen molar-refractivity contribution in [1.29, 1.82) is 0 Å². The molecule has 0 saturated carbocycles. The van der Waals surface area contributed by atoms with Gasteiger partial charge in [0.05, 0.1) is 4.92 Å². The smallest absolute Gasteiger partial charge is 0.273 e. The summed E-state index contributed by atoms with van der Waals surface area (Å²) in [5.74, 6) is 0.180. The number of likely N-dealkylation sites (tertiary alicyclic amines) is 1. The molecule has 0 bridgehead atoms. The third-order valence-corrected chi connectivity index (χ3v) is 3.58. The second-order valence-corrected chi connectivity index (χ2v) is 5.06. The van der Waals surface area contributed by atoms with Gasteiger partial charge in [0, 0.05) is 30.6 Å². The minimum atomic E-state index is -0.342. The molecule has 2 rings (SSSR count). The largest absolute Gasteiger partial charge is 0.300 e. The molecule has 0 aliphatic carbocycles. The van der Waals surface area contributed by atoms with E-state index in [1.807, 2.05) is 6.07 Å². The van der Waals surface area contributed by atoms with Gasteiger partial charge in [0.1, 0.15) is 5.78 Å². The number of benzene rings is 1. The Labute approximate surface area is 112 Å². The van der Waals surface area contributed by atoms with Gasteiger partial charge >= 0.3 is 0 Å². The van der Waals surface area contributed by atoms with Crippen LogP contribution in [-0.2, 0) is 11.3 Å². The van der Waals surface area contributed by atoms with E-state index in [0.29, 0.717) is 13.0 Å². The lowest BCUT2D eigenvalue weighted by molar-refractivity contribution is -0.385. The van der Waals surface area contributed by atoms with E-state index in [0.717, 1.165) is 24.9 Å². The molecule has 5 nitrogen and oxygen atoms in total. The number of nitrogens with zero attached hydrogens (tertiary/aromatic N) is 2. The van der Waals surface area contributed by atoms with Crippen LogP contribution >= 0.6 is 0 Å². The van der Waals surface area contributed by atoms with Crippen molar-refractivity contribution in [2.75, 3.05) is 6.54 Å². The van der Waals surface area contributed by atoms with Crippen molar-refractivity contribution in [3.05, 3.63) is 39.9 Å². The van der Waals surface area contributed by atoms with Crippen molar-refractivity contribution in [3.63, 3.8) is 0 Å². The van der Waals surface area contributed by atoms with E-state index in [-0.39, 0.29) is 22.4 Å². The van der Waals surface area contributed by atoms with Gasteiger partial charge in [-0.2, -0.15) is 0 Å². The van der Waals surface area contributed by atoms with Crippen molar-refractivity contribution < 1.29 is 9.72 Å². The fourth-order valence-electron chi connectivity index (χ4n) is 2.71. The number of carbonyl (C=O) groups excluding carboxylic acids is 1. The minimum Gasteiger partial charge on any atom is -0.300 e. The van der Waals surface area contributed by atoms with Crippen LogP contribution in [0, 0.1) is 10.1 Å². The van der Waals surface area contributed by atoms with Crippen LogP contribution in [0.4, 0.5) is 5.69 Å². The third-order valence-electron chi connectivity index (χ3n) is 3.58. The highest BCUT2D eigenvalue weighted by molar-refractivity contribution is 5.76. The van der Waals surface area contributed by atoms with E-state index in [2.05, 4.69) is 4.90 Å². The first-order valence-electron chi connectivity index (χ1n) is 6.53. The van der Waals surface area contributed by atoms with Gasteiger partial charge in [0.15, 0.2) is 0 Å². The minimum absolute atomic E-state index is 0.163. The summed E-state index contributed by atoms with van der Waals surface area (Å²) in [5.41, 5.74) is 0.888. The molecular weight excluding hydrogens is 244 g/mol. The Morgan fingerprint density at radius 3 is 2.89 bits per heavy atom. The average molecular weight is 262 g/mol. The SMILES string of the molecule is CC(=O)CC1CCCN1Cc1ccccc1[N+](=O)[O-]. The van der Waals surface area contributed by atoms with Crippen LogP contribution in [0.1, 0.15) is 31.7 Å². The van der Waals surface area contributed by atoms with Crippen LogP contribution in [0.15, 0.2) is 24.3 Å². The Morgan fingerprint density at radius 2 is 2.21 bits per heavy atom. The van der Waals surface area contributed by atoms with Crippen LogP contribution < -0.4 is 0 Å². The van der Waals surface area contributed by atoms with Crippen molar-refractivity contribution in [2.45, 2.75) is 38.8 Å². The number of rotatable bonds is 5. The maximum atomic E-state index is 11.2. The standard InChI is InChI=1S/C14H18N2O3/c1-11(17)9-13-6-4-8-15(13)10-12-5-2-3-7-14(12)16(18)19/h2-3,5,7,13H,4,6,8-10H2,1H3. The van der Waals surface area contributed by atoms with Crippen molar-refractivity contribution >= 4 is 11.5 Å². The average Bonchev–Trinajstić information content (AvgIpc) is 2.76. The van der Waals surface area contributed by atoms with Crippen molar-refractivity contribution in [3.8, 4) is 0 Å². The predicted octanol–water partition coefficient (Wildman–Crippen LogP) is 2.54. The molecule has 0 N–H and O–H groups in total. The first-order valence-corrected chi connectivity index (χ1v) is 6.53. The molecule has 1 saturated heterocycles. The lowest BCUT2D eigenvalue weighted by atomic mass is 10.1. The quantitative estimate of drug-likeness (QED) is 0.604. The number of hydrogen-bond donors (Lipinski definition) is 0. The summed E-state index contributed by atoms with van der Waals surface area (Å²) in [6, 6.07) is 7.06. The second-order valence-electron chi connectivity index (χ2n) is 5.06. The zero-order valence-corrected chi connectivity index (χ0v) is 11.0. The van der Waals surface area contributed by atoms with Gasteiger partial charge in [-0.15, -0.1) is 0 Å². The Hall–Kier alpha value is -1.75. The molecule has 1 aromatic rings. The van der Waals surface area contributed by atoms with E-state index in [4.69, 9.17) is 0 Å². The summed E-state index contributed by atoms with van der Waals surface area (Å²) in [7, 11) is 0. The molecule has 1 aliphatic heterocycles. The van der Waals surface area contributed by atoms with Gasteiger partial charge in [0.2, 0.25) is 0 Å². The van der Waals surface area contributed by atoms with Crippen LogP contribution in [0.3, 0.4) is 0 Å². The molecule has 1 heterocycles. The highest BCUT2D eigenvalue weighted by Crippen LogP contribution is 2.26. The fraction of sp³-hybridized carbons (Fsp3) is 0.500. The normalized spacial score (nSPS) is 19.5.